The van der Waals surface area contributed by atoms with Gasteiger partial charge >= 0.3 is 0 Å². The van der Waals surface area contributed by atoms with Crippen LogP contribution in [0.25, 0.3) is 0 Å². The summed E-state index contributed by atoms with van der Waals surface area (Å²) in [7, 11) is 1.61. The Labute approximate surface area is 146 Å². The highest BCUT2D eigenvalue weighted by Crippen LogP contribution is 2.19. The molecule has 0 saturated heterocycles. The summed E-state index contributed by atoms with van der Waals surface area (Å²) in [6, 6.07) is 1.71. The number of nitrogens with zero attached hydrogens (tertiary/aromatic N) is 3. The van der Waals surface area contributed by atoms with Crippen LogP contribution in [0.1, 0.15) is 59.4 Å². The first-order valence-corrected chi connectivity index (χ1v) is 8.18. The van der Waals surface area contributed by atoms with Crippen LogP contribution in [0.4, 0.5) is 0 Å². The number of H-pyrrole nitrogens is 1. The summed E-state index contributed by atoms with van der Waals surface area (Å²) in [4.78, 5) is 23.9. The van der Waals surface area contributed by atoms with Crippen molar-refractivity contribution in [3.05, 3.63) is 34.4 Å². The molecule has 1 atom stereocenters. The second-order valence-corrected chi connectivity index (χ2v) is 6.19. The molecule has 1 amide bonds. The van der Waals surface area contributed by atoms with Crippen molar-refractivity contribution in [3.8, 4) is 0 Å². The van der Waals surface area contributed by atoms with Gasteiger partial charge in [0.05, 0.1) is 41.8 Å². The van der Waals surface area contributed by atoms with Gasteiger partial charge in [-0.3, -0.25) is 19.4 Å². The van der Waals surface area contributed by atoms with Crippen LogP contribution in [0.15, 0.2) is 6.07 Å². The number of aromatic nitrogens is 4. The predicted molar refractivity (Wildman–Crippen MR) is 92.2 cm³/mol. The molecule has 8 heteroatoms. The van der Waals surface area contributed by atoms with E-state index in [4.69, 9.17) is 4.74 Å². The van der Waals surface area contributed by atoms with Crippen LogP contribution in [-0.2, 0) is 22.7 Å². The third-order valence-electron chi connectivity index (χ3n) is 4.03. The van der Waals surface area contributed by atoms with Gasteiger partial charge in [-0.15, -0.1) is 0 Å². The molecule has 0 radical (unpaired) electrons. The minimum Gasteiger partial charge on any atom is -0.378 e. The molecule has 0 aliphatic rings. The van der Waals surface area contributed by atoms with E-state index in [0.717, 1.165) is 17.1 Å². The van der Waals surface area contributed by atoms with Crippen molar-refractivity contribution in [2.45, 2.75) is 53.3 Å². The molecule has 0 saturated carbocycles. The van der Waals surface area contributed by atoms with Crippen molar-refractivity contribution in [2.24, 2.45) is 0 Å². The third kappa shape index (κ3) is 4.54. The lowest BCUT2D eigenvalue weighted by molar-refractivity contribution is -0.122. The number of carbonyl (C=O) groups is 2. The van der Waals surface area contributed by atoms with Gasteiger partial charge in [0.1, 0.15) is 0 Å². The maximum absolute atomic E-state index is 12.2. The number of hydrogen-bond donors (Lipinski definition) is 2. The first-order valence-electron chi connectivity index (χ1n) is 8.18. The van der Waals surface area contributed by atoms with Gasteiger partial charge in [0.25, 0.3) is 0 Å². The minimum atomic E-state index is -0.141. The SMILES string of the molecule is COCc1cc(CNC(=O)CC(C)n2nc(C)c(C(C)=O)c2C)[nH]n1. The molecule has 0 spiro atoms. The molecule has 2 heterocycles. The lowest BCUT2D eigenvalue weighted by atomic mass is 10.1. The van der Waals surface area contributed by atoms with Crippen LogP contribution in [0, 0.1) is 13.8 Å². The predicted octanol–water partition coefficient (Wildman–Crippen LogP) is 1.84. The van der Waals surface area contributed by atoms with E-state index in [1.165, 1.54) is 6.92 Å². The molecule has 0 fully saturated rings. The molecule has 0 aromatic carbocycles. The van der Waals surface area contributed by atoms with Crippen molar-refractivity contribution in [1.29, 1.82) is 0 Å². The Morgan fingerprint density at radius 1 is 1.40 bits per heavy atom. The fourth-order valence-electron chi connectivity index (χ4n) is 2.94. The van der Waals surface area contributed by atoms with Crippen LogP contribution in [0.2, 0.25) is 0 Å². The van der Waals surface area contributed by atoms with Crippen LogP contribution < -0.4 is 5.32 Å². The van der Waals surface area contributed by atoms with Gasteiger partial charge in [0.2, 0.25) is 5.91 Å². The Bertz CT molecular complexity index is 762. The molecule has 0 bridgehead atoms. The molecule has 0 aliphatic carbocycles. The summed E-state index contributed by atoms with van der Waals surface area (Å²) < 4.78 is 6.75. The number of Topliss-reactive ketones (excluding diaryl/α,β-unsaturated/α-hetero) is 1. The Hall–Kier alpha value is -2.48. The largest absolute Gasteiger partial charge is 0.378 e. The summed E-state index contributed by atoms with van der Waals surface area (Å²) in [5.41, 5.74) is 3.73. The maximum Gasteiger partial charge on any atom is 0.222 e. The molecular formula is C17H25N5O3. The average molecular weight is 347 g/mol. The molecule has 2 rings (SSSR count). The average Bonchev–Trinajstić information content (AvgIpc) is 3.09. The van der Waals surface area contributed by atoms with Crippen molar-refractivity contribution in [2.75, 3.05) is 7.11 Å². The van der Waals surface area contributed by atoms with Crippen molar-refractivity contribution in [3.63, 3.8) is 0 Å². The number of amides is 1. The van der Waals surface area contributed by atoms with E-state index in [0.29, 0.717) is 24.4 Å². The molecule has 2 N–H and O–H groups in total. The van der Waals surface area contributed by atoms with Gasteiger partial charge in [-0.05, 0) is 33.8 Å². The van der Waals surface area contributed by atoms with E-state index in [2.05, 4.69) is 20.6 Å². The summed E-state index contributed by atoms with van der Waals surface area (Å²) in [5.74, 6) is -0.101. The van der Waals surface area contributed by atoms with Gasteiger partial charge in [-0.25, -0.2) is 0 Å². The van der Waals surface area contributed by atoms with Crippen molar-refractivity contribution >= 4 is 11.7 Å². The van der Waals surface area contributed by atoms with Crippen LogP contribution in [-0.4, -0.2) is 38.8 Å². The number of aryl methyl sites for hydroxylation is 1. The number of aromatic amines is 1. The lowest BCUT2D eigenvalue weighted by Gasteiger charge is -2.14. The van der Waals surface area contributed by atoms with E-state index in [1.54, 1.807) is 11.8 Å². The van der Waals surface area contributed by atoms with Crippen LogP contribution >= 0.6 is 0 Å². The number of carbonyl (C=O) groups excluding carboxylic acids is 2. The second kappa shape index (κ2) is 8.06. The lowest BCUT2D eigenvalue weighted by Crippen LogP contribution is -2.26. The molecule has 2 aromatic rings. The first-order chi connectivity index (χ1) is 11.8. The number of hydrogen-bond acceptors (Lipinski definition) is 5. The molecule has 136 valence electrons. The number of ether oxygens (including phenoxy) is 1. The van der Waals surface area contributed by atoms with Crippen molar-refractivity contribution < 1.29 is 14.3 Å². The number of ketones is 1. The zero-order valence-electron chi connectivity index (χ0n) is 15.3. The molecule has 2 aromatic heterocycles. The highest BCUT2D eigenvalue weighted by atomic mass is 16.5. The highest BCUT2D eigenvalue weighted by Gasteiger charge is 2.20. The van der Waals surface area contributed by atoms with E-state index in [-0.39, 0.29) is 24.2 Å². The summed E-state index contributed by atoms with van der Waals surface area (Å²) in [6.07, 6.45) is 0.276. The summed E-state index contributed by atoms with van der Waals surface area (Å²) in [5, 5.41) is 14.2. The third-order valence-corrected chi connectivity index (χ3v) is 4.03. The van der Waals surface area contributed by atoms with Gasteiger partial charge in [0, 0.05) is 19.2 Å². The van der Waals surface area contributed by atoms with Gasteiger partial charge < -0.3 is 10.1 Å². The maximum atomic E-state index is 12.2. The standard InChI is InChI=1S/C17H25N5O3/c1-10(22-12(3)17(13(4)23)11(2)21-22)6-16(24)18-8-14-7-15(9-25-5)20-19-14/h7,10H,6,8-9H2,1-5H3,(H,18,24)(H,19,20). The van der Waals surface area contributed by atoms with E-state index in [9.17, 15) is 9.59 Å². The number of rotatable bonds is 8. The number of nitrogens with one attached hydrogen (secondary N) is 2. The van der Waals surface area contributed by atoms with Gasteiger partial charge in [-0.1, -0.05) is 0 Å². The Morgan fingerprint density at radius 2 is 2.12 bits per heavy atom. The summed E-state index contributed by atoms with van der Waals surface area (Å²) >= 11 is 0. The zero-order valence-corrected chi connectivity index (χ0v) is 15.3. The van der Waals surface area contributed by atoms with Crippen LogP contribution in [0.5, 0.6) is 0 Å². The molecular weight excluding hydrogens is 322 g/mol. The number of methoxy groups -OCH3 is 1. The molecule has 1 unspecified atom stereocenters. The monoisotopic (exact) mass is 347 g/mol. The van der Waals surface area contributed by atoms with Crippen molar-refractivity contribution in [1.82, 2.24) is 25.3 Å². The van der Waals surface area contributed by atoms with E-state index >= 15 is 0 Å². The van der Waals surface area contributed by atoms with Crippen LogP contribution in [0.3, 0.4) is 0 Å². The van der Waals surface area contributed by atoms with Gasteiger partial charge in [-0.2, -0.15) is 10.2 Å². The fourth-order valence-corrected chi connectivity index (χ4v) is 2.94. The quantitative estimate of drug-likeness (QED) is 0.710. The molecule has 8 nitrogen and oxygen atoms in total. The minimum absolute atomic E-state index is 0.0102. The van der Waals surface area contributed by atoms with Gasteiger partial charge in [0.15, 0.2) is 5.78 Å². The zero-order chi connectivity index (χ0) is 18.6. The topological polar surface area (TPSA) is 102 Å². The molecule has 0 aliphatic heterocycles. The highest BCUT2D eigenvalue weighted by molar-refractivity contribution is 5.96. The fraction of sp³-hybridized carbons (Fsp3) is 0.529. The Kier molecular flexibility index (Phi) is 6.08. The smallest absolute Gasteiger partial charge is 0.222 e. The first kappa shape index (κ1) is 18.9. The second-order valence-electron chi connectivity index (χ2n) is 6.19. The Balaban J connectivity index is 1.93. The van der Waals surface area contributed by atoms with E-state index < -0.39 is 0 Å². The van der Waals surface area contributed by atoms with E-state index in [1.807, 2.05) is 26.8 Å². The normalized spacial score (nSPS) is 12.2. The Morgan fingerprint density at radius 3 is 2.72 bits per heavy atom. The summed E-state index contributed by atoms with van der Waals surface area (Å²) in [6.45, 7) is 7.91. The molecule has 25 heavy (non-hydrogen) atoms.